The van der Waals surface area contributed by atoms with E-state index in [0.29, 0.717) is 28.6 Å². The normalized spacial score (nSPS) is 18.9. The zero-order valence-corrected chi connectivity index (χ0v) is 17.3. The first kappa shape index (κ1) is 20.2. The molecule has 1 N–H and O–H groups in total. The first-order valence-electron chi connectivity index (χ1n) is 9.86. The molecule has 0 unspecified atom stereocenters. The van der Waals surface area contributed by atoms with Crippen molar-refractivity contribution in [2.45, 2.75) is 38.1 Å². The van der Waals surface area contributed by atoms with Crippen LogP contribution in [0.15, 0.2) is 35.6 Å². The molecule has 1 fully saturated rings. The molecule has 2 aliphatic rings. The molecule has 1 aromatic carbocycles. The van der Waals surface area contributed by atoms with Crippen molar-refractivity contribution >= 4 is 29.0 Å². The van der Waals surface area contributed by atoms with Gasteiger partial charge in [-0.2, -0.15) is 10.4 Å². The van der Waals surface area contributed by atoms with Gasteiger partial charge in [0.25, 0.3) is 0 Å². The summed E-state index contributed by atoms with van der Waals surface area (Å²) in [4.78, 5) is 15.7. The largest absolute Gasteiger partial charge is 0.496 e. The third-order valence-electron chi connectivity index (χ3n) is 5.84. The minimum absolute atomic E-state index is 0.0166. The summed E-state index contributed by atoms with van der Waals surface area (Å²) >= 11 is 6.27. The summed E-state index contributed by atoms with van der Waals surface area (Å²) in [5.41, 5.74) is 2.66. The van der Waals surface area contributed by atoms with Crippen LogP contribution in [0.3, 0.4) is 0 Å². The van der Waals surface area contributed by atoms with Gasteiger partial charge in [0, 0.05) is 18.7 Å². The van der Waals surface area contributed by atoms with E-state index in [1.54, 1.807) is 18.2 Å². The number of aromatic nitrogens is 1. The van der Waals surface area contributed by atoms with Gasteiger partial charge in [-0.05, 0) is 37.0 Å². The Labute approximate surface area is 179 Å². The molecule has 30 heavy (non-hydrogen) atoms. The van der Waals surface area contributed by atoms with Gasteiger partial charge in [-0.1, -0.05) is 24.4 Å². The van der Waals surface area contributed by atoms with Gasteiger partial charge < -0.3 is 9.84 Å². The van der Waals surface area contributed by atoms with E-state index in [1.807, 2.05) is 11.1 Å². The number of halogens is 1. The molecule has 154 valence electrons. The summed E-state index contributed by atoms with van der Waals surface area (Å²) in [6, 6.07) is 9.22. The zero-order chi connectivity index (χ0) is 21.3. The smallest absolute Gasteiger partial charge is 0.341 e. The number of carboxylic acids is 1. The fourth-order valence-electron chi connectivity index (χ4n) is 4.30. The van der Waals surface area contributed by atoms with Crippen LogP contribution in [-0.4, -0.2) is 34.9 Å². The number of rotatable bonds is 5. The summed E-state index contributed by atoms with van der Waals surface area (Å²) in [5, 5.41) is 25.7. The summed E-state index contributed by atoms with van der Waals surface area (Å²) in [6.07, 6.45) is 6.71. The number of ether oxygens (including phenoxy) is 1. The average Bonchev–Trinajstić information content (AvgIpc) is 3.43. The molecule has 0 spiro atoms. The lowest BCUT2D eigenvalue weighted by atomic mass is 9.93. The predicted octanol–water partition coefficient (Wildman–Crippen LogP) is 4.49. The summed E-state index contributed by atoms with van der Waals surface area (Å²) < 4.78 is 5.25. The molecule has 1 atom stereocenters. The number of benzene rings is 1. The standard InChI is InChI=1S/C22H21ClN4O3/c1-30-21-10-18(25-12-16(21)22(28)29)19-9-20(13-4-2-3-5-13)27(26-19)15-7-6-14(11-24)17(23)8-15/h6-8,10,12-13,20H,2-5,9H2,1H3,(H,28,29)/t20-/m1/s1. The second-order valence-corrected chi connectivity index (χ2v) is 7.97. The van der Waals surface area contributed by atoms with Crippen LogP contribution in [0.4, 0.5) is 5.69 Å². The molecule has 7 nitrogen and oxygen atoms in total. The monoisotopic (exact) mass is 424 g/mol. The third kappa shape index (κ3) is 3.71. The van der Waals surface area contributed by atoms with Crippen LogP contribution in [0.25, 0.3) is 0 Å². The molecular weight excluding hydrogens is 404 g/mol. The predicted molar refractivity (Wildman–Crippen MR) is 113 cm³/mol. The first-order chi connectivity index (χ1) is 14.5. The Bertz CT molecular complexity index is 1060. The molecule has 4 rings (SSSR count). The van der Waals surface area contributed by atoms with Gasteiger partial charge in [0.15, 0.2) is 0 Å². The Morgan fingerprint density at radius 1 is 1.33 bits per heavy atom. The quantitative estimate of drug-likeness (QED) is 0.759. The number of aromatic carboxylic acids is 1. The number of pyridine rings is 1. The number of carboxylic acid groups (broad SMARTS) is 1. The number of anilines is 1. The van der Waals surface area contributed by atoms with Crippen molar-refractivity contribution in [2.24, 2.45) is 11.0 Å². The van der Waals surface area contributed by atoms with E-state index >= 15 is 0 Å². The van der Waals surface area contributed by atoms with Crippen LogP contribution >= 0.6 is 11.6 Å². The Kier molecular flexibility index (Phi) is 5.60. The van der Waals surface area contributed by atoms with Crippen LogP contribution in [0.1, 0.15) is 53.7 Å². The molecule has 1 saturated carbocycles. The Balaban J connectivity index is 1.72. The van der Waals surface area contributed by atoms with Gasteiger partial charge in [-0.3, -0.25) is 9.99 Å². The molecule has 1 aromatic heterocycles. The van der Waals surface area contributed by atoms with Crippen LogP contribution in [-0.2, 0) is 0 Å². The van der Waals surface area contributed by atoms with E-state index < -0.39 is 5.97 Å². The maximum Gasteiger partial charge on any atom is 0.341 e. The number of nitriles is 1. The van der Waals surface area contributed by atoms with E-state index in [9.17, 15) is 9.90 Å². The van der Waals surface area contributed by atoms with E-state index in [1.165, 1.54) is 26.1 Å². The molecule has 1 aliphatic carbocycles. The fourth-order valence-corrected chi connectivity index (χ4v) is 4.52. The molecule has 1 aliphatic heterocycles. The third-order valence-corrected chi connectivity index (χ3v) is 6.15. The topological polar surface area (TPSA) is 98.8 Å². The van der Waals surface area contributed by atoms with Gasteiger partial charge in [-0.15, -0.1) is 0 Å². The number of nitrogens with zero attached hydrogens (tertiary/aromatic N) is 4. The lowest BCUT2D eigenvalue weighted by Gasteiger charge is -2.28. The van der Waals surface area contributed by atoms with Crippen molar-refractivity contribution in [3.8, 4) is 11.8 Å². The lowest BCUT2D eigenvalue weighted by molar-refractivity contribution is 0.0693. The maximum absolute atomic E-state index is 11.4. The fraction of sp³-hybridized carbons (Fsp3) is 0.364. The average molecular weight is 425 g/mol. The molecule has 0 bridgehead atoms. The van der Waals surface area contributed by atoms with E-state index in [-0.39, 0.29) is 17.4 Å². The van der Waals surface area contributed by atoms with Crippen molar-refractivity contribution in [2.75, 3.05) is 12.1 Å². The van der Waals surface area contributed by atoms with E-state index in [4.69, 9.17) is 26.7 Å². The van der Waals surface area contributed by atoms with Gasteiger partial charge in [0.1, 0.15) is 17.4 Å². The maximum atomic E-state index is 11.4. The highest BCUT2D eigenvalue weighted by Crippen LogP contribution is 2.39. The Hall–Kier alpha value is -3.11. The van der Waals surface area contributed by atoms with Crippen LogP contribution in [0.5, 0.6) is 5.75 Å². The highest BCUT2D eigenvalue weighted by atomic mass is 35.5. The minimum Gasteiger partial charge on any atom is -0.496 e. The van der Waals surface area contributed by atoms with Crippen LogP contribution < -0.4 is 9.75 Å². The van der Waals surface area contributed by atoms with E-state index in [2.05, 4.69) is 11.1 Å². The number of carbonyl (C=O) groups is 1. The number of hydrazone groups is 1. The Morgan fingerprint density at radius 3 is 2.73 bits per heavy atom. The van der Waals surface area contributed by atoms with Crippen molar-refractivity contribution in [3.63, 3.8) is 0 Å². The second-order valence-electron chi connectivity index (χ2n) is 7.56. The van der Waals surface area contributed by atoms with Crippen molar-refractivity contribution in [1.29, 1.82) is 5.26 Å². The number of methoxy groups -OCH3 is 1. The van der Waals surface area contributed by atoms with Crippen molar-refractivity contribution in [1.82, 2.24) is 4.98 Å². The molecule has 0 radical (unpaired) electrons. The first-order valence-corrected chi connectivity index (χ1v) is 10.2. The van der Waals surface area contributed by atoms with Crippen LogP contribution in [0.2, 0.25) is 5.02 Å². The molecular formula is C22H21ClN4O3. The SMILES string of the molecule is COc1cc(C2=NN(c3ccc(C#N)c(Cl)c3)[C@@H](C3CCCC3)C2)ncc1C(=O)O. The number of hydrogen-bond donors (Lipinski definition) is 1. The summed E-state index contributed by atoms with van der Waals surface area (Å²) in [7, 11) is 1.44. The highest BCUT2D eigenvalue weighted by molar-refractivity contribution is 6.32. The molecule has 8 heteroatoms. The van der Waals surface area contributed by atoms with E-state index in [0.717, 1.165) is 24.2 Å². The van der Waals surface area contributed by atoms with Gasteiger partial charge in [0.2, 0.25) is 0 Å². The van der Waals surface area contributed by atoms with Gasteiger partial charge in [0.05, 0.1) is 40.8 Å². The van der Waals surface area contributed by atoms with Gasteiger partial charge in [-0.25, -0.2) is 4.79 Å². The van der Waals surface area contributed by atoms with Gasteiger partial charge >= 0.3 is 5.97 Å². The Morgan fingerprint density at radius 2 is 2.10 bits per heavy atom. The highest BCUT2D eigenvalue weighted by Gasteiger charge is 2.36. The number of hydrogen-bond acceptors (Lipinski definition) is 6. The zero-order valence-electron chi connectivity index (χ0n) is 16.5. The lowest BCUT2D eigenvalue weighted by Crippen LogP contribution is -2.32. The molecule has 2 heterocycles. The molecule has 0 amide bonds. The van der Waals surface area contributed by atoms with Crippen molar-refractivity contribution in [3.05, 3.63) is 52.3 Å². The van der Waals surface area contributed by atoms with Crippen LogP contribution in [0, 0.1) is 17.2 Å². The van der Waals surface area contributed by atoms with Crippen molar-refractivity contribution < 1.29 is 14.6 Å². The minimum atomic E-state index is -1.09. The second kappa shape index (κ2) is 8.33. The summed E-state index contributed by atoms with van der Waals surface area (Å²) in [5.74, 6) is -0.328. The molecule has 2 aromatic rings. The molecule has 0 saturated heterocycles. The summed E-state index contributed by atoms with van der Waals surface area (Å²) in [6.45, 7) is 0.